The van der Waals surface area contributed by atoms with Crippen LogP contribution in [0.1, 0.15) is 4.88 Å². The van der Waals surface area contributed by atoms with Gasteiger partial charge < -0.3 is 0 Å². The first kappa shape index (κ1) is 14.7. The van der Waals surface area contributed by atoms with E-state index < -0.39 is 22.7 Å². The lowest BCUT2D eigenvalue weighted by Gasteiger charge is -2.18. The van der Waals surface area contributed by atoms with Crippen LogP contribution < -0.4 is 0 Å². The van der Waals surface area contributed by atoms with Crippen molar-refractivity contribution in [2.75, 3.05) is 13.6 Å². The average Bonchev–Trinajstić information content (AvgIpc) is 2.62. The number of alkyl halides is 4. The Hall–Kier alpha value is -0.310. The quantitative estimate of drug-likeness (QED) is 0.802. The van der Waals surface area contributed by atoms with E-state index in [4.69, 9.17) is 11.6 Å². The van der Waals surface area contributed by atoms with Crippen molar-refractivity contribution in [2.45, 2.75) is 17.0 Å². The molecule has 1 rings (SSSR count). The van der Waals surface area contributed by atoms with Crippen molar-refractivity contribution in [1.82, 2.24) is 4.31 Å². The molecule has 0 radical (unpaired) electrons. The molecule has 3 nitrogen and oxygen atoms in total. The molecule has 0 unspecified atom stereocenters. The van der Waals surface area contributed by atoms with Crippen molar-refractivity contribution in [2.24, 2.45) is 0 Å². The van der Waals surface area contributed by atoms with Crippen LogP contribution in [0.2, 0.25) is 0 Å². The molecule has 0 aliphatic rings. The molecule has 1 aromatic heterocycles. The van der Waals surface area contributed by atoms with E-state index in [0.717, 1.165) is 18.4 Å². The molecule has 0 aromatic carbocycles. The highest BCUT2D eigenvalue weighted by atomic mass is 35.5. The molecule has 0 saturated carbocycles. The monoisotopic (exact) mass is 307 g/mol. The van der Waals surface area contributed by atoms with E-state index in [1.807, 2.05) is 0 Å². The average molecular weight is 308 g/mol. The maximum Gasteiger partial charge on any atom is 0.402 e. The molecule has 0 bridgehead atoms. The minimum Gasteiger partial charge on any atom is -0.207 e. The number of hydrogen-bond donors (Lipinski definition) is 0. The van der Waals surface area contributed by atoms with Crippen LogP contribution in [0.15, 0.2) is 16.3 Å². The molecule has 0 aliphatic heterocycles. The van der Waals surface area contributed by atoms with Gasteiger partial charge in [0, 0.05) is 11.9 Å². The maximum atomic E-state index is 12.1. The van der Waals surface area contributed by atoms with Crippen LogP contribution in [-0.4, -0.2) is 32.5 Å². The summed E-state index contributed by atoms with van der Waals surface area (Å²) in [7, 11) is -3.24. The van der Waals surface area contributed by atoms with Crippen molar-refractivity contribution in [3.05, 3.63) is 16.3 Å². The first-order valence-corrected chi connectivity index (χ1v) is 7.19. The fourth-order valence-electron chi connectivity index (χ4n) is 1.16. The zero-order valence-corrected chi connectivity index (χ0v) is 11.0. The Bertz CT molecular complexity index is 483. The summed E-state index contributed by atoms with van der Waals surface area (Å²) >= 11 is 6.62. The van der Waals surface area contributed by atoms with Crippen molar-refractivity contribution < 1.29 is 21.6 Å². The van der Waals surface area contributed by atoms with E-state index in [1.54, 1.807) is 0 Å². The van der Waals surface area contributed by atoms with Crippen LogP contribution in [0.25, 0.3) is 0 Å². The lowest BCUT2D eigenvalue weighted by atomic mass is 10.5. The molecular formula is C8H9ClF3NO2S2. The summed E-state index contributed by atoms with van der Waals surface area (Å²) in [5.41, 5.74) is 0. The summed E-state index contributed by atoms with van der Waals surface area (Å²) in [5, 5.41) is 1.48. The first-order chi connectivity index (χ1) is 7.68. The Morgan fingerprint density at radius 3 is 2.53 bits per heavy atom. The third-order valence-electron chi connectivity index (χ3n) is 1.92. The molecule has 0 aliphatic carbocycles. The van der Waals surface area contributed by atoms with Gasteiger partial charge in [0.2, 0.25) is 10.0 Å². The molecule has 1 heterocycles. The normalized spacial score (nSPS) is 13.3. The van der Waals surface area contributed by atoms with Gasteiger partial charge in [-0.3, -0.25) is 0 Å². The van der Waals surface area contributed by atoms with Gasteiger partial charge in [0.15, 0.2) is 0 Å². The first-order valence-electron chi connectivity index (χ1n) is 4.34. The lowest BCUT2D eigenvalue weighted by molar-refractivity contribution is -0.134. The second-order valence-corrected chi connectivity index (χ2v) is 6.50. The molecule has 0 N–H and O–H groups in total. The summed E-state index contributed by atoms with van der Waals surface area (Å²) < 4.78 is 60.3. The van der Waals surface area contributed by atoms with Crippen LogP contribution in [0.4, 0.5) is 13.2 Å². The third kappa shape index (κ3) is 3.57. The third-order valence-corrected chi connectivity index (χ3v) is 5.28. The predicted octanol–water partition coefficient (Wildman–Crippen LogP) is 2.67. The molecule has 0 amide bonds. The van der Waals surface area contributed by atoms with Crippen LogP contribution in [0, 0.1) is 0 Å². The summed E-state index contributed by atoms with van der Waals surface area (Å²) in [6.45, 7) is -1.52. The summed E-state index contributed by atoms with van der Waals surface area (Å²) in [6, 6.07) is 1.25. The molecule has 0 fully saturated rings. The van der Waals surface area contributed by atoms with Gasteiger partial charge in [0.25, 0.3) is 0 Å². The van der Waals surface area contributed by atoms with Crippen molar-refractivity contribution >= 4 is 33.0 Å². The number of sulfonamides is 1. The largest absolute Gasteiger partial charge is 0.402 e. The number of rotatable bonds is 4. The van der Waals surface area contributed by atoms with E-state index in [2.05, 4.69) is 0 Å². The van der Waals surface area contributed by atoms with Gasteiger partial charge in [-0.25, -0.2) is 8.42 Å². The molecule has 17 heavy (non-hydrogen) atoms. The minimum atomic E-state index is -4.57. The second kappa shape index (κ2) is 5.13. The summed E-state index contributed by atoms with van der Waals surface area (Å²) in [5.74, 6) is -0.0495. The topological polar surface area (TPSA) is 37.4 Å². The van der Waals surface area contributed by atoms with Gasteiger partial charge in [-0.05, 0) is 11.4 Å². The van der Waals surface area contributed by atoms with Crippen molar-refractivity contribution in [1.29, 1.82) is 0 Å². The Kier molecular flexibility index (Phi) is 4.45. The van der Waals surface area contributed by atoms with E-state index in [0.29, 0.717) is 4.88 Å². The highest BCUT2D eigenvalue weighted by molar-refractivity contribution is 7.89. The van der Waals surface area contributed by atoms with Crippen LogP contribution in [0.3, 0.4) is 0 Å². The Balaban J connectivity index is 3.04. The summed E-state index contributed by atoms with van der Waals surface area (Å²) in [6.07, 6.45) is -4.57. The van der Waals surface area contributed by atoms with Gasteiger partial charge in [0.1, 0.15) is 6.54 Å². The van der Waals surface area contributed by atoms with Gasteiger partial charge in [0.05, 0.1) is 10.8 Å². The van der Waals surface area contributed by atoms with E-state index in [1.165, 1.54) is 11.4 Å². The maximum absolute atomic E-state index is 12.1. The summed E-state index contributed by atoms with van der Waals surface area (Å²) in [4.78, 5) is 0.171. The van der Waals surface area contributed by atoms with Crippen LogP contribution >= 0.6 is 22.9 Å². The molecule has 9 heteroatoms. The second-order valence-electron chi connectivity index (χ2n) is 3.22. The molecule has 1 aromatic rings. The van der Waals surface area contributed by atoms with Crippen molar-refractivity contribution in [3.8, 4) is 0 Å². The number of thiophene rings is 1. The Labute approximate surface area is 106 Å². The molecular weight excluding hydrogens is 299 g/mol. The fourth-order valence-corrected chi connectivity index (χ4v) is 3.99. The molecule has 0 saturated heterocycles. The Morgan fingerprint density at radius 2 is 2.06 bits per heavy atom. The predicted molar refractivity (Wildman–Crippen MR) is 59.7 cm³/mol. The van der Waals surface area contributed by atoms with Crippen molar-refractivity contribution in [3.63, 3.8) is 0 Å². The van der Waals surface area contributed by atoms with Gasteiger partial charge in [-0.15, -0.1) is 22.9 Å². The molecule has 98 valence electrons. The minimum absolute atomic E-state index is 0.0495. The van der Waals surface area contributed by atoms with E-state index in [9.17, 15) is 21.6 Å². The smallest absolute Gasteiger partial charge is 0.207 e. The molecule has 0 atom stereocenters. The van der Waals surface area contributed by atoms with E-state index >= 15 is 0 Å². The fraction of sp³-hybridized carbons (Fsp3) is 0.500. The SMILES string of the molecule is CN(CC(F)(F)F)S(=O)(=O)c1ccsc1CCl. The Morgan fingerprint density at radius 1 is 1.47 bits per heavy atom. The van der Waals surface area contributed by atoms with Crippen LogP contribution in [0.5, 0.6) is 0 Å². The van der Waals surface area contributed by atoms with Crippen LogP contribution in [-0.2, 0) is 15.9 Å². The van der Waals surface area contributed by atoms with Gasteiger partial charge >= 0.3 is 6.18 Å². The van der Waals surface area contributed by atoms with E-state index in [-0.39, 0.29) is 15.1 Å². The zero-order chi connectivity index (χ0) is 13.3. The number of hydrogen-bond acceptors (Lipinski definition) is 3. The highest BCUT2D eigenvalue weighted by Gasteiger charge is 2.35. The van der Waals surface area contributed by atoms with Gasteiger partial charge in [-0.1, -0.05) is 0 Å². The standard InChI is InChI=1S/C8H9ClF3NO2S2/c1-13(5-8(10,11)12)17(14,15)7-2-3-16-6(7)4-9/h2-3H,4-5H2,1H3. The number of nitrogens with zero attached hydrogens (tertiary/aromatic N) is 1. The molecule has 0 spiro atoms. The lowest BCUT2D eigenvalue weighted by Crippen LogP contribution is -2.35. The van der Waals surface area contributed by atoms with Gasteiger partial charge in [-0.2, -0.15) is 17.5 Å². The highest BCUT2D eigenvalue weighted by Crippen LogP contribution is 2.27. The zero-order valence-electron chi connectivity index (χ0n) is 8.66. The number of halogens is 4.